The summed E-state index contributed by atoms with van der Waals surface area (Å²) in [4.78, 5) is 11.8. The SMILES string of the molecule is CNNCC(C)(C)COC(=O)[C@@H]1CCCNN1. The molecule has 0 aromatic rings. The van der Waals surface area contributed by atoms with Crippen molar-refractivity contribution in [2.45, 2.75) is 32.7 Å². The van der Waals surface area contributed by atoms with Gasteiger partial charge in [-0.3, -0.25) is 21.1 Å². The molecule has 0 aliphatic carbocycles. The summed E-state index contributed by atoms with van der Waals surface area (Å²) in [5.41, 5.74) is 11.7. The first-order chi connectivity index (χ1) is 8.05. The molecule has 0 amide bonds. The lowest BCUT2D eigenvalue weighted by Gasteiger charge is -2.27. The molecule has 4 N–H and O–H groups in total. The number of hydrazine groups is 2. The summed E-state index contributed by atoms with van der Waals surface area (Å²) < 4.78 is 5.33. The fourth-order valence-corrected chi connectivity index (χ4v) is 1.58. The highest BCUT2D eigenvalue weighted by Gasteiger charge is 2.25. The third-order valence-corrected chi connectivity index (χ3v) is 2.70. The van der Waals surface area contributed by atoms with Gasteiger partial charge in [0, 0.05) is 18.5 Å². The molecule has 0 bridgehead atoms. The molecule has 1 fully saturated rings. The second-order valence-corrected chi connectivity index (χ2v) is 5.14. The molecule has 1 saturated heterocycles. The standard InChI is InChI=1S/C11H24N4O2/c1-11(2,7-14-12-3)8-17-10(16)9-5-4-6-13-15-9/h9,12-15H,4-8H2,1-3H3/t9-/m0/s1. The molecular formula is C11H24N4O2. The molecular weight excluding hydrogens is 220 g/mol. The van der Waals surface area contributed by atoms with E-state index in [-0.39, 0.29) is 17.4 Å². The van der Waals surface area contributed by atoms with E-state index in [1.807, 2.05) is 7.05 Å². The van der Waals surface area contributed by atoms with E-state index in [1.165, 1.54) is 0 Å². The predicted octanol–water partition coefficient (Wildman–Crippen LogP) is -0.464. The van der Waals surface area contributed by atoms with E-state index in [9.17, 15) is 4.79 Å². The van der Waals surface area contributed by atoms with Crippen molar-refractivity contribution in [1.82, 2.24) is 21.7 Å². The highest BCUT2D eigenvalue weighted by Crippen LogP contribution is 2.14. The molecule has 1 heterocycles. The van der Waals surface area contributed by atoms with E-state index in [2.05, 4.69) is 35.6 Å². The van der Waals surface area contributed by atoms with Gasteiger partial charge in [0.2, 0.25) is 0 Å². The van der Waals surface area contributed by atoms with Crippen molar-refractivity contribution in [1.29, 1.82) is 0 Å². The monoisotopic (exact) mass is 244 g/mol. The van der Waals surface area contributed by atoms with E-state index in [0.717, 1.165) is 25.9 Å². The molecule has 1 aliphatic heterocycles. The van der Waals surface area contributed by atoms with E-state index in [0.29, 0.717) is 6.61 Å². The zero-order valence-corrected chi connectivity index (χ0v) is 10.9. The van der Waals surface area contributed by atoms with Crippen LogP contribution in [0.25, 0.3) is 0 Å². The van der Waals surface area contributed by atoms with Crippen LogP contribution in [0.2, 0.25) is 0 Å². The van der Waals surface area contributed by atoms with E-state index in [4.69, 9.17) is 4.74 Å². The second kappa shape index (κ2) is 6.90. The van der Waals surface area contributed by atoms with Gasteiger partial charge in [0.25, 0.3) is 0 Å². The molecule has 0 aromatic carbocycles. The second-order valence-electron chi connectivity index (χ2n) is 5.14. The predicted molar refractivity (Wildman–Crippen MR) is 66.0 cm³/mol. The Hall–Kier alpha value is -0.690. The lowest BCUT2D eigenvalue weighted by molar-refractivity contribution is -0.150. The minimum absolute atomic E-state index is 0.0826. The molecule has 0 spiro atoms. The van der Waals surface area contributed by atoms with Crippen LogP contribution < -0.4 is 21.7 Å². The topological polar surface area (TPSA) is 74.4 Å². The normalized spacial score (nSPS) is 21.2. The largest absolute Gasteiger partial charge is 0.464 e. The average Bonchev–Trinajstić information content (AvgIpc) is 2.35. The van der Waals surface area contributed by atoms with Crippen LogP contribution in [0.4, 0.5) is 0 Å². The van der Waals surface area contributed by atoms with Crippen molar-refractivity contribution in [2.24, 2.45) is 5.41 Å². The molecule has 6 heteroatoms. The number of nitrogens with one attached hydrogen (secondary N) is 4. The van der Waals surface area contributed by atoms with Crippen LogP contribution in [0.5, 0.6) is 0 Å². The third-order valence-electron chi connectivity index (χ3n) is 2.70. The summed E-state index contributed by atoms with van der Waals surface area (Å²) in [6, 6.07) is -0.211. The van der Waals surface area contributed by atoms with Gasteiger partial charge in [0.15, 0.2) is 0 Å². The van der Waals surface area contributed by atoms with Gasteiger partial charge in [-0.2, -0.15) is 0 Å². The number of carbonyl (C=O) groups excluding carboxylic acids is 1. The zero-order valence-electron chi connectivity index (χ0n) is 10.9. The molecule has 1 atom stereocenters. The molecule has 0 saturated carbocycles. The summed E-state index contributed by atoms with van der Waals surface area (Å²) in [6.07, 6.45) is 1.83. The maximum atomic E-state index is 11.8. The van der Waals surface area contributed by atoms with Crippen molar-refractivity contribution < 1.29 is 9.53 Å². The quantitative estimate of drug-likeness (QED) is 0.374. The molecule has 0 radical (unpaired) electrons. The Morgan fingerprint density at radius 3 is 2.88 bits per heavy atom. The Morgan fingerprint density at radius 1 is 1.53 bits per heavy atom. The molecule has 100 valence electrons. The van der Waals surface area contributed by atoms with Crippen LogP contribution >= 0.6 is 0 Å². The van der Waals surface area contributed by atoms with Crippen LogP contribution in [0.3, 0.4) is 0 Å². The van der Waals surface area contributed by atoms with Crippen molar-refractivity contribution in [3.8, 4) is 0 Å². The Kier molecular flexibility index (Phi) is 5.84. The number of hydrogen-bond donors (Lipinski definition) is 4. The van der Waals surface area contributed by atoms with Crippen molar-refractivity contribution >= 4 is 5.97 Å². The van der Waals surface area contributed by atoms with Gasteiger partial charge in [0.05, 0.1) is 6.61 Å². The summed E-state index contributed by atoms with van der Waals surface area (Å²) in [5.74, 6) is -0.172. The van der Waals surface area contributed by atoms with Crippen LogP contribution in [-0.4, -0.2) is 38.8 Å². The summed E-state index contributed by atoms with van der Waals surface area (Å²) in [7, 11) is 1.82. The van der Waals surface area contributed by atoms with Gasteiger partial charge in [-0.1, -0.05) is 13.8 Å². The molecule has 1 aliphatic rings. The van der Waals surface area contributed by atoms with Crippen molar-refractivity contribution in [3.05, 3.63) is 0 Å². The lowest BCUT2D eigenvalue weighted by atomic mass is 9.95. The van der Waals surface area contributed by atoms with E-state index >= 15 is 0 Å². The fourth-order valence-electron chi connectivity index (χ4n) is 1.58. The summed E-state index contributed by atoms with van der Waals surface area (Å²) in [5, 5.41) is 0. The number of rotatable bonds is 6. The first-order valence-electron chi connectivity index (χ1n) is 6.10. The van der Waals surface area contributed by atoms with Gasteiger partial charge in [-0.25, -0.2) is 5.43 Å². The number of ether oxygens (including phenoxy) is 1. The van der Waals surface area contributed by atoms with Gasteiger partial charge < -0.3 is 4.74 Å². The van der Waals surface area contributed by atoms with Crippen LogP contribution in [0.1, 0.15) is 26.7 Å². The maximum absolute atomic E-state index is 11.8. The third kappa shape index (κ3) is 5.45. The Labute approximate surface area is 103 Å². The summed E-state index contributed by atoms with van der Waals surface area (Å²) >= 11 is 0. The summed E-state index contributed by atoms with van der Waals surface area (Å²) in [6.45, 7) is 6.17. The maximum Gasteiger partial charge on any atom is 0.324 e. The van der Waals surface area contributed by atoms with Gasteiger partial charge in [0.1, 0.15) is 6.04 Å². The van der Waals surface area contributed by atoms with Crippen molar-refractivity contribution in [3.63, 3.8) is 0 Å². The van der Waals surface area contributed by atoms with Crippen LogP contribution in [0.15, 0.2) is 0 Å². The first kappa shape index (κ1) is 14.4. The molecule has 17 heavy (non-hydrogen) atoms. The Balaban J connectivity index is 2.26. The number of carbonyl (C=O) groups is 1. The minimum Gasteiger partial charge on any atom is -0.464 e. The van der Waals surface area contributed by atoms with Gasteiger partial charge in [-0.05, 0) is 19.9 Å². The molecule has 0 unspecified atom stereocenters. The van der Waals surface area contributed by atoms with E-state index < -0.39 is 0 Å². The Bertz CT molecular complexity index is 240. The molecule has 0 aromatic heterocycles. The van der Waals surface area contributed by atoms with Crippen molar-refractivity contribution in [2.75, 3.05) is 26.7 Å². The number of esters is 1. The highest BCUT2D eigenvalue weighted by molar-refractivity contribution is 5.75. The molecule has 6 nitrogen and oxygen atoms in total. The average molecular weight is 244 g/mol. The Morgan fingerprint density at radius 2 is 2.29 bits per heavy atom. The van der Waals surface area contributed by atoms with E-state index in [1.54, 1.807) is 0 Å². The fraction of sp³-hybridized carbons (Fsp3) is 0.909. The van der Waals surface area contributed by atoms with Gasteiger partial charge >= 0.3 is 5.97 Å². The zero-order chi connectivity index (χ0) is 12.7. The van der Waals surface area contributed by atoms with Crippen LogP contribution in [0, 0.1) is 5.41 Å². The minimum atomic E-state index is -0.211. The highest BCUT2D eigenvalue weighted by atomic mass is 16.5. The number of hydrogen-bond acceptors (Lipinski definition) is 6. The lowest BCUT2D eigenvalue weighted by Crippen LogP contribution is -2.51. The smallest absolute Gasteiger partial charge is 0.324 e. The van der Waals surface area contributed by atoms with Gasteiger partial charge in [-0.15, -0.1) is 0 Å². The van der Waals surface area contributed by atoms with Crippen LogP contribution in [-0.2, 0) is 9.53 Å². The first-order valence-corrected chi connectivity index (χ1v) is 6.10. The molecule has 1 rings (SSSR count).